The van der Waals surface area contributed by atoms with Gasteiger partial charge in [0, 0.05) is 6.42 Å². The summed E-state index contributed by atoms with van der Waals surface area (Å²) < 4.78 is 5.08. The molecule has 21 heavy (non-hydrogen) atoms. The van der Waals surface area contributed by atoms with E-state index in [1.165, 1.54) is 0 Å². The normalized spacial score (nSPS) is 11.7. The van der Waals surface area contributed by atoms with E-state index in [-0.39, 0.29) is 5.91 Å². The van der Waals surface area contributed by atoms with Crippen LogP contribution in [0.5, 0.6) is 5.75 Å². The van der Waals surface area contributed by atoms with E-state index in [0.29, 0.717) is 19.3 Å². The second-order valence-electron chi connectivity index (χ2n) is 4.95. The molecule has 1 aromatic carbocycles. The maximum Gasteiger partial charge on any atom is 0.326 e. The molecule has 1 amide bonds. The largest absolute Gasteiger partial charge is 0.497 e. The van der Waals surface area contributed by atoms with Crippen LogP contribution in [0.15, 0.2) is 24.3 Å². The Morgan fingerprint density at radius 2 is 1.95 bits per heavy atom. The predicted octanol–water partition coefficient (Wildman–Crippen LogP) is 2.39. The first kappa shape index (κ1) is 17.0. The number of carbonyl (C=O) groups is 2. The second kappa shape index (κ2) is 9.00. The van der Waals surface area contributed by atoms with Gasteiger partial charge in [-0.3, -0.25) is 4.79 Å². The topological polar surface area (TPSA) is 75.6 Å². The summed E-state index contributed by atoms with van der Waals surface area (Å²) in [5, 5.41) is 11.5. The Balaban J connectivity index is 2.33. The van der Waals surface area contributed by atoms with Crippen LogP contribution in [0.3, 0.4) is 0 Å². The van der Waals surface area contributed by atoms with Crippen molar-refractivity contribution in [1.82, 2.24) is 5.32 Å². The van der Waals surface area contributed by atoms with Gasteiger partial charge in [0.25, 0.3) is 0 Å². The molecule has 0 radical (unpaired) electrons. The first-order valence-corrected chi connectivity index (χ1v) is 7.22. The number of carboxylic acid groups (broad SMARTS) is 1. The second-order valence-corrected chi connectivity index (χ2v) is 4.95. The first-order valence-electron chi connectivity index (χ1n) is 7.22. The summed E-state index contributed by atoms with van der Waals surface area (Å²) in [6.07, 6.45) is 2.99. The lowest BCUT2D eigenvalue weighted by atomic mass is 10.1. The Morgan fingerprint density at radius 1 is 1.29 bits per heavy atom. The van der Waals surface area contributed by atoms with Gasteiger partial charge in [0.05, 0.1) is 7.11 Å². The van der Waals surface area contributed by atoms with Crippen LogP contribution in [0, 0.1) is 0 Å². The average Bonchev–Trinajstić information content (AvgIpc) is 2.47. The molecule has 1 unspecified atom stereocenters. The van der Waals surface area contributed by atoms with Crippen LogP contribution in [-0.2, 0) is 16.0 Å². The monoisotopic (exact) mass is 293 g/mol. The number of hydrogen-bond donors (Lipinski definition) is 2. The number of methoxy groups -OCH3 is 1. The van der Waals surface area contributed by atoms with Gasteiger partial charge in [0.1, 0.15) is 11.8 Å². The number of aryl methyl sites for hydroxylation is 1. The minimum Gasteiger partial charge on any atom is -0.497 e. The van der Waals surface area contributed by atoms with Gasteiger partial charge in [-0.2, -0.15) is 0 Å². The number of rotatable bonds is 9. The van der Waals surface area contributed by atoms with E-state index in [9.17, 15) is 9.59 Å². The molecule has 1 rings (SSSR count). The third-order valence-corrected chi connectivity index (χ3v) is 3.24. The van der Waals surface area contributed by atoms with Gasteiger partial charge in [-0.1, -0.05) is 25.5 Å². The van der Waals surface area contributed by atoms with Crippen molar-refractivity contribution in [3.05, 3.63) is 29.8 Å². The van der Waals surface area contributed by atoms with Crippen LogP contribution >= 0.6 is 0 Å². The molecule has 0 heterocycles. The zero-order valence-electron chi connectivity index (χ0n) is 12.6. The third kappa shape index (κ3) is 6.29. The smallest absolute Gasteiger partial charge is 0.326 e. The third-order valence-electron chi connectivity index (χ3n) is 3.24. The summed E-state index contributed by atoms with van der Waals surface area (Å²) in [6.45, 7) is 1.89. The van der Waals surface area contributed by atoms with Crippen molar-refractivity contribution >= 4 is 11.9 Å². The molecule has 0 saturated heterocycles. The maximum absolute atomic E-state index is 11.7. The maximum atomic E-state index is 11.7. The molecule has 2 N–H and O–H groups in total. The van der Waals surface area contributed by atoms with Gasteiger partial charge in [-0.15, -0.1) is 0 Å². The molecule has 5 nitrogen and oxygen atoms in total. The molecular formula is C16H23NO4. The number of benzene rings is 1. The quantitative estimate of drug-likeness (QED) is 0.733. The Hall–Kier alpha value is -2.04. The van der Waals surface area contributed by atoms with Crippen molar-refractivity contribution in [2.45, 2.75) is 45.1 Å². The number of hydrogen-bond acceptors (Lipinski definition) is 3. The van der Waals surface area contributed by atoms with Crippen LogP contribution in [0.2, 0.25) is 0 Å². The van der Waals surface area contributed by atoms with Crippen molar-refractivity contribution in [1.29, 1.82) is 0 Å². The van der Waals surface area contributed by atoms with E-state index >= 15 is 0 Å². The van der Waals surface area contributed by atoms with Crippen LogP contribution in [0.25, 0.3) is 0 Å². The summed E-state index contributed by atoms with van der Waals surface area (Å²) in [4.78, 5) is 22.7. The fourth-order valence-corrected chi connectivity index (χ4v) is 2.06. The van der Waals surface area contributed by atoms with Gasteiger partial charge < -0.3 is 15.2 Å². The molecule has 0 aliphatic carbocycles. The SMILES string of the molecule is CCCC(NC(=O)CCCc1ccc(OC)cc1)C(=O)O. The van der Waals surface area contributed by atoms with Crippen molar-refractivity contribution in [2.75, 3.05) is 7.11 Å². The minimum absolute atomic E-state index is 0.204. The Kier molecular flexibility index (Phi) is 7.29. The molecule has 1 atom stereocenters. The Morgan fingerprint density at radius 3 is 2.48 bits per heavy atom. The number of carbonyl (C=O) groups excluding carboxylic acids is 1. The summed E-state index contributed by atoms with van der Waals surface area (Å²) >= 11 is 0. The lowest BCUT2D eigenvalue weighted by molar-refractivity contribution is -0.142. The van der Waals surface area contributed by atoms with Gasteiger partial charge in [-0.25, -0.2) is 4.79 Å². The van der Waals surface area contributed by atoms with Crippen LogP contribution in [0.4, 0.5) is 0 Å². The summed E-state index contributed by atoms with van der Waals surface area (Å²) in [6, 6.07) is 6.93. The van der Waals surface area contributed by atoms with Crippen LogP contribution in [0.1, 0.15) is 38.2 Å². The zero-order valence-corrected chi connectivity index (χ0v) is 12.6. The minimum atomic E-state index is -0.972. The van der Waals surface area contributed by atoms with E-state index in [1.54, 1.807) is 7.11 Å². The molecule has 116 valence electrons. The van der Waals surface area contributed by atoms with Crippen molar-refractivity contribution in [3.8, 4) is 5.75 Å². The molecular weight excluding hydrogens is 270 g/mol. The highest BCUT2D eigenvalue weighted by Crippen LogP contribution is 2.13. The highest BCUT2D eigenvalue weighted by atomic mass is 16.5. The fourth-order valence-electron chi connectivity index (χ4n) is 2.06. The number of carboxylic acids is 1. The van der Waals surface area contributed by atoms with Crippen molar-refractivity contribution < 1.29 is 19.4 Å². The van der Waals surface area contributed by atoms with E-state index < -0.39 is 12.0 Å². The van der Waals surface area contributed by atoms with E-state index in [0.717, 1.165) is 24.2 Å². The van der Waals surface area contributed by atoms with E-state index in [2.05, 4.69) is 5.32 Å². The fraction of sp³-hybridized carbons (Fsp3) is 0.500. The van der Waals surface area contributed by atoms with Crippen LogP contribution < -0.4 is 10.1 Å². The molecule has 0 fully saturated rings. The molecule has 0 saturated carbocycles. The molecule has 0 aliphatic rings. The summed E-state index contributed by atoms with van der Waals surface area (Å²) in [5.74, 6) is -0.370. The van der Waals surface area contributed by atoms with Gasteiger partial charge in [-0.05, 0) is 37.0 Å². The number of amides is 1. The van der Waals surface area contributed by atoms with Crippen molar-refractivity contribution in [3.63, 3.8) is 0 Å². The zero-order chi connectivity index (χ0) is 15.7. The number of ether oxygens (including phenoxy) is 1. The standard InChI is InChI=1S/C16H23NO4/c1-3-5-14(16(19)20)17-15(18)7-4-6-12-8-10-13(21-2)11-9-12/h8-11,14H,3-7H2,1-2H3,(H,17,18)(H,19,20). The number of aliphatic carboxylic acids is 1. The Bertz CT molecular complexity index is 456. The average molecular weight is 293 g/mol. The van der Waals surface area contributed by atoms with E-state index in [4.69, 9.17) is 9.84 Å². The van der Waals surface area contributed by atoms with Crippen LogP contribution in [-0.4, -0.2) is 30.1 Å². The lowest BCUT2D eigenvalue weighted by Gasteiger charge is -2.13. The summed E-state index contributed by atoms with van der Waals surface area (Å²) in [7, 11) is 1.62. The van der Waals surface area contributed by atoms with Gasteiger partial charge in [0.15, 0.2) is 0 Å². The predicted molar refractivity (Wildman–Crippen MR) is 80.4 cm³/mol. The van der Waals surface area contributed by atoms with Gasteiger partial charge >= 0.3 is 5.97 Å². The Labute approximate surface area is 125 Å². The molecule has 0 bridgehead atoms. The number of nitrogens with one attached hydrogen (secondary N) is 1. The highest BCUT2D eigenvalue weighted by molar-refractivity contribution is 5.83. The van der Waals surface area contributed by atoms with Crippen molar-refractivity contribution in [2.24, 2.45) is 0 Å². The first-order chi connectivity index (χ1) is 10.1. The van der Waals surface area contributed by atoms with E-state index in [1.807, 2.05) is 31.2 Å². The summed E-state index contributed by atoms with van der Waals surface area (Å²) in [5.41, 5.74) is 1.13. The lowest BCUT2D eigenvalue weighted by Crippen LogP contribution is -2.40. The molecule has 0 aromatic heterocycles. The molecule has 1 aromatic rings. The molecule has 0 aliphatic heterocycles. The van der Waals surface area contributed by atoms with Gasteiger partial charge in [0.2, 0.25) is 5.91 Å². The molecule has 5 heteroatoms. The molecule has 0 spiro atoms. The highest BCUT2D eigenvalue weighted by Gasteiger charge is 2.18.